The molecule has 3 N–H and O–H groups in total. The molecule has 10 heteroatoms. The first-order valence-electron chi connectivity index (χ1n) is 11.7. The number of nitrogen functional groups attached to an aromatic ring is 1. The van der Waals surface area contributed by atoms with E-state index in [0.29, 0.717) is 38.9 Å². The summed E-state index contributed by atoms with van der Waals surface area (Å²) in [4.78, 5) is 22.3. The number of carbonyl (C=O) groups excluding carboxylic acids is 1. The fraction of sp³-hybridized carbons (Fsp3) is 0.107. The topological polar surface area (TPSA) is 123 Å². The quantitative estimate of drug-likeness (QED) is 0.369. The second kappa shape index (κ2) is 8.45. The molecule has 5 aromatic rings. The summed E-state index contributed by atoms with van der Waals surface area (Å²) in [5, 5.41) is 17.2. The van der Waals surface area contributed by atoms with Crippen molar-refractivity contribution in [2.24, 2.45) is 0 Å². The Morgan fingerprint density at radius 1 is 1.08 bits per heavy atom. The number of fused-ring (bicyclic) bond motifs is 2. The third-order valence-corrected chi connectivity index (χ3v) is 6.90. The maximum atomic E-state index is 14.4. The van der Waals surface area contributed by atoms with E-state index in [1.807, 2.05) is 0 Å². The van der Waals surface area contributed by atoms with Crippen molar-refractivity contribution in [3.8, 4) is 17.6 Å². The lowest BCUT2D eigenvalue weighted by molar-refractivity contribution is -0.119. The van der Waals surface area contributed by atoms with Crippen LogP contribution in [-0.2, 0) is 16.8 Å². The number of nitrogens with zero attached hydrogens (tertiary/aromatic N) is 5. The molecule has 0 fully saturated rings. The molecular formula is C28H19F2N7O. The minimum atomic E-state index is -1.22. The van der Waals surface area contributed by atoms with E-state index < -0.39 is 17.0 Å². The molecule has 3 heterocycles. The summed E-state index contributed by atoms with van der Waals surface area (Å²) in [6.07, 6.45) is 0. The number of halogens is 2. The van der Waals surface area contributed by atoms with Crippen molar-refractivity contribution in [3.05, 3.63) is 101 Å². The van der Waals surface area contributed by atoms with Crippen molar-refractivity contribution in [2.45, 2.75) is 18.9 Å². The van der Waals surface area contributed by atoms with E-state index >= 15 is 0 Å². The Bertz CT molecular complexity index is 1820. The maximum absolute atomic E-state index is 14.4. The first-order valence-corrected chi connectivity index (χ1v) is 11.7. The summed E-state index contributed by atoms with van der Waals surface area (Å²) in [7, 11) is 0. The van der Waals surface area contributed by atoms with E-state index in [2.05, 4.69) is 26.5 Å². The van der Waals surface area contributed by atoms with Gasteiger partial charge in [0.25, 0.3) is 0 Å². The van der Waals surface area contributed by atoms with Gasteiger partial charge in [0.05, 0.1) is 29.3 Å². The Kier molecular flexibility index (Phi) is 5.17. The largest absolute Gasteiger partial charge is 0.383 e. The van der Waals surface area contributed by atoms with E-state index in [0.717, 1.165) is 0 Å². The summed E-state index contributed by atoms with van der Waals surface area (Å²) in [5.41, 5.74) is 7.68. The first kappa shape index (κ1) is 23.2. The molecule has 1 atom stereocenters. The number of carbonyl (C=O) groups is 1. The van der Waals surface area contributed by atoms with Crippen molar-refractivity contribution in [1.82, 2.24) is 19.7 Å². The zero-order valence-corrected chi connectivity index (χ0v) is 20.0. The van der Waals surface area contributed by atoms with Crippen LogP contribution in [0, 0.1) is 23.0 Å². The normalized spacial score (nSPS) is 16.3. The highest BCUT2D eigenvalue weighted by molar-refractivity contribution is 6.09. The molecule has 1 amide bonds. The Morgan fingerprint density at radius 2 is 1.89 bits per heavy atom. The van der Waals surface area contributed by atoms with Gasteiger partial charge in [-0.15, -0.1) is 0 Å². The van der Waals surface area contributed by atoms with Crippen molar-refractivity contribution in [2.75, 3.05) is 11.1 Å². The van der Waals surface area contributed by atoms with Crippen molar-refractivity contribution < 1.29 is 13.6 Å². The summed E-state index contributed by atoms with van der Waals surface area (Å²) >= 11 is 0. The van der Waals surface area contributed by atoms with Crippen LogP contribution in [0.4, 0.5) is 20.4 Å². The molecule has 0 bridgehead atoms. The van der Waals surface area contributed by atoms with Crippen molar-refractivity contribution in [1.29, 1.82) is 5.26 Å². The van der Waals surface area contributed by atoms with E-state index in [1.54, 1.807) is 55.5 Å². The predicted molar refractivity (Wildman–Crippen MR) is 137 cm³/mol. The lowest BCUT2D eigenvalue weighted by Gasteiger charge is -2.23. The van der Waals surface area contributed by atoms with E-state index in [9.17, 15) is 18.8 Å². The summed E-state index contributed by atoms with van der Waals surface area (Å²) < 4.78 is 30.1. The SMILES string of the molecule is CC1(c2cccc(C#N)c2)C(=O)Nc2nc(-c3nn(Cc4ccccc4F)c4cc(F)ccc34)nc(N)c21. The van der Waals surface area contributed by atoms with Crippen LogP contribution in [0.25, 0.3) is 22.4 Å². The molecule has 1 aliphatic heterocycles. The van der Waals surface area contributed by atoms with Gasteiger partial charge in [0.2, 0.25) is 5.91 Å². The Hall–Kier alpha value is -5.17. The summed E-state index contributed by atoms with van der Waals surface area (Å²) in [6.45, 7) is 1.75. The summed E-state index contributed by atoms with van der Waals surface area (Å²) in [6, 6.07) is 19.2. The standard InChI is InChI=1S/C28H19F2N7O/c1-28(17-7-4-5-15(11-17)13-31)22-24(32)33-26(34-25(22)35-27(28)38)23-19-10-9-18(29)12-21(19)37(36-23)14-16-6-2-3-8-20(16)30/h2-12H,14H2,1H3,(H3,32,33,34,35,38). The Labute approximate surface area is 215 Å². The minimum absolute atomic E-state index is 0.0527. The van der Waals surface area contributed by atoms with E-state index in [-0.39, 0.29) is 29.9 Å². The highest BCUT2D eigenvalue weighted by Gasteiger charge is 2.47. The van der Waals surface area contributed by atoms with E-state index in [4.69, 9.17) is 5.73 Å². The average molecular weight is 508 g/mol. The molecule has 2 aromatic heterocycles. The van der Waals surface area contributed by atoms with Crippen LogP contribution >= 0.6 is 0 Å². The molecule has 0 radical (unpaired) electrons. The van der Waals surface area contributed by atoms with Gasteiger partial charge in [0, 0.05) is 10.9 Å². The smallest absolute Gasteiger partial charge is 0.240 e. The van der Waals surface area contributed by atoms with Crippen LogP contribution < -0.4 is 11.1 Å². The monoisotopic (exact) mass is 507 g/mol. The Morgan fingerprint density at radius 3 is 2.68 bits per heavy atom. The average Bonchev–Trinajstić information content (AvgIpc) is 3.39. The van der Waals surface area contributed by atoms with Crippen LogP contribution in [0.15, 0.2) is 66.7 Å². The number of aromatic nitrogens is 4. The predicted octanol–water partition coefficient (Wildman–Crippen LogP) is 4.53. The molecule has 0 saturated heterocycles. The zero-order chi connectivity index (χ0) is 26.6. The summed E-state index contributed by atoms with van der Waals surface area (Å²) in [5.74, 6) is -0.836. The third-order valence-electron chi connectivity index (χ3n) is 6.90. The molecule has 1 unspecified atom stereocenters. The maximum Gasteiger partial charge on any atom is 0.240 e. The molecule has 0 saturated carbocycles. The minimum Gasteiger partial charge on any atom is -0.383 e. The second-order valence-electron chi connectivity index (χ2n) is 9.19. The number of benzene rings is 3. The zero-order valence-electron chi connectivity index (χ0n) is 20.0. The van der Waals surface area contributed by atoms with Gasteiger partial charge in [-0.25, -0.2) is 18.7 Å². The molecule has 8 nitrogen and oxygen atoms in total. The van der Waals surface area contributed by atoms with Crippen LogP contribution in [0.2, 0.25) is 0 Å². The molecular weight excluding hydrogens is 488 g/mol. The molecule has 1 aliphatic rings. The third kappa shape index (κ3) is 3.48. The van der Waals surface area contributed by atoms with Gasteiger partial charge in [-0.3, -0.25) is 9.48 Å². The first-order chi connectivity index (χ1) is 18.3. The number of rotatable bonds is 4. The van der Waals surface area contributed by atoms with Crippen LogP contribution in [-0.4, -0.2) is 25.7 Å². The van der Waals surface area contributed by atoms with Gasteiger partial charge in [0.15, 0.2) is 5.82 Å². The van der Waals surface area contributed by atoms with Crippen LogP contribution in [0.3, 0.4) is 0 Å². The van der Waals surface area contributed by atoms with Gasteiger partial charge in [-0.1, -0.05) is 30.3 Å². The fourth-order valence-electron chi connectivity index (χ4n) is 4.91. The van der Waals surface area contributed by atoms with Crippen LogP contribution in [0.5, 0.6) is 0 Å². The number of hydrogen-bond acceptors (Lipinski definition) is 6. The lowest BCUT2D eigenvalue weighted by atomic mass is 9.77. The second-order valence-corrected chi connectivity index (χ2v) is 9.19. The van der Waals surface area contributed by atoms with Crippen molar-refractivity contribution in [3.63, 3.8) is 0 Å². The number of nitrogens with two attached hydrogens (primary N) is 1. The van der Waals surface area contributed by atoms with E-state index in [1.165, 1.54) is 22.9 Å². The van der Waals surface area contributed by atoms with Crippen molar-refractivity contribution >= 4 is 28.4 Å². The van der Waals surface area contributed by atoms with Crippen LogP contribution in [0.1, 0.15) is 29.2 Å². The van der Waals surface area contributed by atoms with Gasteiger partial charge in [-0.05, 0) is 48.9 Å². The number of anilines is 2. The fourth-order valence-corrected chi connectivity index (χ4v) is 4.91. The highest BCUT2D eigenvalue weighted by atomic mass is 19.1. The van der Waals surface area contributed by atoms with Gasteiger partial charge in [0.1, 0.15) is 34.4 Å². The molecule has 6 rings (SSSR count). The number of amides is 1. The molecule has 38 heavy (non-hydrogen) atoms. The number of hydrogen-bond donors (Lipinski definition) is 2. The van der Waals surface area contributed by atoms with Gasteiger partial charge < -0.3 is 11.1 Å². The van der Waals surface area contributed by atoms with Gasteiger partial charge >= 0.3 is 0 Å². The lowest BCUT2D eigenvalue weighted by Crippen LogP contribution is -2.33. The molecule has 0 aliphatic carbocycles. The molecule has 186 valence electrons. The molecule has 0 spiro atoms. The highest BCUT2D eigenvalue weighted by Crippen LogP contribution is 2.45. The Balaban J connectivity index is 1.50. The number of nitriles is 1. The molecule has 3 aromatic carbocycles. The number of nitrogens with one attached hydrogen (secondary N) is 1. The van der Waals surface area contributed by atoms with Gasteiger partial charge in [-0.2, -0.15) is 10.4 Å².